The third-order valence-corrected chi connectivity index (χ3v) is 3.97. The normalized spacial score (nSPS) is 18.5. The second-order valence-corrected chi connectivity index (χ2v) is 6.19. The van der Waals surface area contributed by atoms with Crippen LogP contribution in [0.3, 0.4) is 0 Å². The number of nitrogens with one attached hydrogen (secondary N) is 2. The van der Waals surface area contributed by atoms with Crippen molar-refractivity contribution in [1.29, 1.82) is 0 Å². The summed E-state index contributed by atoms with van der Waals surface area (Å²) < 4.78 is 1.92. The molecular formula is C16H28N6O. The molecule has 0 bridgehead atoms. The van der Waals surface area contributed by atoms with Gasteiger partial charge in [-0.2, -0.15) is 5.10 Å². The van der Waals surface area contributed by atoms with Crippen molar-refractivity contribution < 1.29 is 4.79 Å². The Bertz CT molecular complexity index is 511. The summed E-state index contributed by atoms with van der Waals surface area (Å²) in [4.78, 5) is 18.2. The van der Waals surface area contributed by atoms with E-state index in [0.29, 0.717) is 0 Å². The summed E-state index contributed by atoms with van der Waals surface area (Å²) in [5.41, 5.74) is 0. The lowest BCUT2D eigenvalue weighted by Crippen LogP contribution is -2.45. The molecule has 2 N–H and O–H groups in total. The third kappa shape index (κ3) is 5.26. The molecule has 23 heavy (non-hydrogen) atoms. The summed E-state index contributed by atoms with van der Waals surface area (Å²) in [5.74, 6) is 1.10. The summed E-state index contributed by atoms with van der Waals surface area (Å²) in [7, 11) is 1.77. The highest BCUT2D eigenvalue weighted by Gasteiger charge is 2.27. The lowest BCUT2D eigenvalue weighted by molar-refractivity contribution is -0.133. The molecule has 1 aliphatic rings. The number of hydrogen-bond acceptors (Lipinski definition) is 3. The van der Waals surface area contributed by atoms with Crippen molar-refractivity contribution in [3.05, 3.63) is 18.5 Å². The van der Waals surface area contributed by atoms with Gasteiger partial charge >= 0.3 is 0 Å². The van der Waals surface area contributed by atoms with Gasteiger partial charge in [0, 0.05) is 57.6 Å². The van der Waals surface area contributed by atoms with Gasteiger partial charge in [-0.15, -0.1) is 0 Å². The van der Waals surface area contributed by atoms with Crippen molar-refractivity contribution in [2.24, 2.45) is 10.9 Å². The first-order valence-corrected chi connectivity index (χ1v) is 8.33. The van der Waals surface area contributed by atoms with Gasteiger partial charge in [-0.25, -0.2) is 0 Å². The maximum Gasteiger partial charge on any atom is 0.225 e. The fourth-order valence-corrected chi connectivity index (χ4v) is 2.71. The average Bonchev–Trinajstić information content (AvgIpc) is 3.21. The maximum absolute atomic E-state index is 12.0. The Morgan fingerprint density at radius 1 is 1.48 bits per heavy atom. The number of aryl methyl sites for hydroxylation is 1. The lowest BCUT2D eigenvalue weighted by atomic mass is 10.2. The zero-order valence-electron chi connectivity index (χ0n) is 14.3. The smallest absolute Gasteiger partial charge is 0.225 e. The number of rotatable bonds is 6. The van der Waals surface area contributed by atoms with E-state index in [9.17, 15) is 4.79 Å². The number of nitrogens with zero attached hydrogens (tertiary/aromatic N) is 4. The first-order chi connectivity index (χ1) is 11.1. The van der Waals surface area contributed by atoms with Gasteiger partial charge in [0.25, 0.3) is 0 Å². The first kappa shape index (κ1) is 17.3. The first-order valence-electron chi connectivity index (χ1n) is 8.33. The predicted molar refractivity (Wildman–Crippen MR) is 91.2 cm³/mol. The van der Waals surface area contributed by atoms with Crippen LogP contribution in [-0.2, 0) is 11.3 Å². The quantitative estimate of drug-likeness (QED) is 0.459. The molecule has 0 radical (unpaired) electrons. The van der Waals surface area contributed by atoms with Crippen LogP contribution in [0.25, 0.3) is 0 Å². The SMILES string of the molecule is CN=C(NCCCn1cccn1)NC1CCN(C(=O)C(C)C)C1. The fraction of sp³-hybridized carbons (Fsp3) is 0.688. The Kier molecular flexibility index (Phi) is 6.43. The maximum atomic E-state index is 12.0. The molecule has 2 heterocycles. The molecule has 1 atom stereocenters. The molecule has 7 heteroatoms. The number of aromatic nitrogens is 2. The molecule has 1 amide bonds. The minimum absolute atomic E-state index is 0.0634. The molecule has 0 spiro atoms. The van der Waals surface area contributed by atoms with Crippen molar-refractivity contribution in [3.63, 3.8) is 0 Å². The van der Waals surface area contributed by atoms with E-state index in [1.165, 1.54) is 0 Å². The van der Waals surface area contributed by atoms with Crippen molar-refractivity contribution in [1.82, 2.24) is 25.3 Å². The van der Waals surface area contributed by atoms with Crippen LogP contribution in [0.1, 0.15) is 26.7 Å². The van der Waals surface area contributed by atoms with E-state index in [0.717, 1.165) is 45.0 Å². The van der Waals surface area contributed by atoms with Crippen LogP contribution in [-0.4, -0.2) is 59.3 Å². The molecule has 0 aromatic carbocycles. The van der Waals surface area contributed by atoms with Crippen molar-refractivity contribution in [3.8, 4) is 0 Å². The van der Waals surface area contributed by atoms with Gasteiger partial charge in [0.15, 0.2) is 5.96 Å². The largest absolute Gasteiger partial charge is 0.356 e. The van der Waals surface area contributed by atoms with E-state index in [2.05, 4.69) is 20.7 Å². The molecule has 0 saturated carbocycles. The average molecular weight is 320 g/mol. The topological polar surface area (TPSA) is 74.6 Å². The Labute approximate surface area is 138 Å². The second-order valence-electron chi connectivity index (χ2n) is 6.19. The van der Waals surface area contributed by atoms with Crippen LogP contribution in [0.5, 0.6) is 0 Å². The van der Waals surface area contributed by atoms with Gasteiger partial charge in [-0.1, -0.05) is 13.8 Å². The van der Waals surface area contributed by atoms with Crippen LogP contribution >= 0.6 is 0 Å². The fourth-order valence-electron chi connectivity index (χ4n) is 2.71. The van der Waals surface area contributed by atoms with Gasteiger partial charge in [-0.3, -0.25) is 14.5 Å². The Morgan fingerprint density at radius 3 is 2.96 bits per heavy atom. The van der Waals surface area contributed by atoms with Crippen molar-refractivity contribution >= 4 is 11.9 Å². The van der Waals surface area contributed by atoms with Crippen molar-refractivity contribution in [2.75, 3.05) is 26.7 Å². The molecule has 7 nitrogen and oxygen atoms in total. The van der Waals surface area contributed by atoms with E-state index in [-0.39, 0.29) is 17.9 Å². The van der Waals surface area contributed by atoms with Crippen LogP contribution in [0.15, 0.2) is 23.5 Å². The molecular weight excluding hydrogens is 292 g/mol. The van der Waals surface area contributed by atoms with Crippen molar-refractivity contribution in [2.45, 2.75) is 39.3 Å². The molecule has 1 fully saturated rings. The number of aliphatic imine (C=N–C) groups is 1. The van der Waals surface area contributed by atoms with Crippen LogP contribution in [0, 0.1) is 5.92 Å². The molecule has 1 saturated heterocycles. The summed E-state index contributed by atoms with van der Waals surface area (Å²) in [6.07, 6.45) is 5.70. The highest BCUT2D eigenvalue weighted by molar-refractivity contribution is 5.81. The minimum Gasteiger partial charge on any atom is -0.356 e. The number of carbonyl (C=O) groups excluding carboxylic acids is 1. The van der Waals surface area contributed by atoms with Crippen LogP contribution in [0.2, 0.25) is 0 Å². The summed E-state index contributed by atoms with van der Waals surface area (Å²) >= 11 is 0. The molecule has 1 aromatic heterocycles. The molecule has 1 aromatic rings. The number of hydrogen-bond donors (Lipinski definition) is 2. The zero-order valence-corrected chi connectivity index (χ0v) is 14.3. The zero-order chi connectivity index (χ0) is 16.7. The van der Waals surface area contributed by atoms with E-state index in [1.807, 2.05) is 35.7 Å². The van der Waals surface area contributed by atoms with Gasteiger partial charge in [-0.05, 0) is 18.9 Å². The number of guanidine groups is 1. The summed E-state index contributed by atoms with van der Waals surface area (Å²) in [5, 5.41) is 10.9. The van der Waals surface area contributed by atoms with Gasteiger partial charge in [0.1, 0.15) is 0 Å². The highest BCUT2D eigenvalue weighted by atomic mass is 16.2. The second kappa shape index (κ2) is 8.55. The Hall–Kier alpha value is -2.05. The predicted octanol–water partition coefficient (Wildman–Crippen LogP) is 0.695. The lowest BCUT2D eigenvalue weighted by Gasteiger charge is -2.20. The number of amides is 1. The molecule has 1 unspecified atom stereocenters. The van der Waals surface area contributed by atoms with E-state index >= 15 is 0 Å². The van der Waals surface area contributed by atoms with E-state index in [1.54, 1.807) is 13.2 Å². The van der Waals surface area contributed by atoms with Gasteiger partial charge in [0.05, 0.1) is 0 Å². The summed E-state index contributed by atoms with van der Waals surface area (Å²) in [6, 6.07) is 2.20. The third-order valence-electron chi connectivity index (χ3n) is 3.97. The standard InChI is InChI=1S/C16H28N6O/c1-13(2)15(23)21-11-6-14(12-21)20-16(17-3)18-7-4-9-22-10-5-8-19-22/h5,8,10,13-14H,4,6-7,9,11-12H2,1-3H3,(H2,17,18,20). The monoisotopic (exact) mass is 320 g/mol. The molecule has 0 aliphatic carbocycles. The number of likely N-dealkylation sites (tertiary alicyclic amines) is 1. The van der Waals surface area contributed by atoms with Crippen LogP contribution < -0.4 is 10.6 Å². The van der Waals surface area contributed by atoms with Gasteiger partial charge in [0.2, 0.25) is 5.91 Å². The van der Waals surface area contributed by atoms with E-state index in [4.69, 9.17) is 0 Å². The summed E-state index contributed by atoms with van der Waals surface area (Å²) in [6.45, 7) is 7.19. The Balaban J connectivity index is 1.68. The number of carbonyl (C=O) groups is 1. The minimum atomic E-state index is 0.0634. The molecule has 128 valence electrons. The molecule has 2 rings (SSSR count). The highest BCUT2D eigenvalue weighted by Crippen LogP contribution is 2.12. The van der Waals surface area contributed by atoms with Gasteiger partial charge < -0.3 is 15.5 Å². The molecule has 1 aliphatic heterocycles. The van der Waals surface area contributed by atoms with E-state index < -0.39 is 0 Å². The Morgan fingerprint density at radius 2 is 2.30 bits per heavy atom. The van der Waals surface area contributed by atoms with Crippen LogP contribution in [0.4, 0.5) is 0 Å².